The Morgan fingerprint density at radius 3 is 1.03 bits per heavy atom. The van der Waals surface area contributed by atoms with Crippen molar-refractivity contribution >= 4 is 73.8 Å². The van der Waals surface area contributed by atoms with Crippen LogP contribution in [0.2, 0.25) is 5.02 Å². The number of rotatable bonds is 10. The fraction of sp³-hybridized carbons (Fsp3) is 0.294. The van der Waals surface area contributed by atoms with Crippen LogP contribution in [0.25, 0.3) is 16.7 Å². The van der Waals surface area contributed by atoms with Crippen molar-refractivity contribution in [2.45, 2.75) is 131 Å². The number of anilines is 9. The Morgan fingerprint density at radius 1 is 0.307 bits per heavy atom. The van der Waals surface area contributed by atoms with Gasteiger partial charge in [0.2, 0.25) is 0 Å². The number of fused-ring (bicyclic) bond motifs is 1. The molecule has 0 aliphatic rings. The highest BCUT2D eigenvalue weighted by atomic mass is 35.5. The van der Waals surface area contributed by atoms with Gasteiger partial charge in [-0.1, -0.05) is 188 Å². The predicted octanol–water partition coefficient (Wildman–Crippen LogP) is 20.0. The second-order valence-corrected chi connectivity index (χ2v) is 25.7. The molecular weight excluding hydrogens is 936 g/mol. The topological polar surface area (TPSA) is 40.4 Å². The summed E-state index contributed by atoms with van der Waals surface area (Å²) in [7, 11) is 0. The molecule has 9 aromatic rings. The van der Waals surface area contributed by atoms with E-state index >= 15 is 0 Å². The highest BCUT2D eigenvalue weighted by molar-refractivity contribution is 6.36. The van der Waals surface area contributed by atoms with E-state index in [1.807, 2.05) is 30.3 Å². The van der Waals surface area contributed by atoms with Gasteiger partial charge in [-0.3, -0.25) is 0 Å². The minimum absolute atomic E-state index is 0.0150. The van der Waals surface area contributed by atoms with Crippen LogP contribution in [0.4, 0.5) is 51.2 Å². The second-order valence-electron chi connectivity index (χ2n) is 25.3. The second kappa shape index (κ2) is 19.8. The maximum atomic E-state index is 8.20. The molecule has 1 heterocycles. The van der Waals surface area contributed by atoms with Gasteiger partial charge in [-0.15, -0.1) is 10.2 Å². The van der Waals surface area contributed by atoms with Crippen molar-refractivity contribution < 1.29 is 0 Å². The molecule has 75 heavy (non-hydrogen) atoms. The van der Waals surface area contributed by atoms with E-state index in [4.69, 9.17) is 21.8 Å². The summed E-state index contributed by atoms with van der Waals surface area (Å²) in [4.78, 5) is 8.71. The molecule has 6 nitrogen and oxygen atoms in total. The van der Waals surface area contributed by atoms with Crippen LogP contribution in [-0.4, -0.2) is 15.0 Å². The normalized spacial score (nSPS) is 12.5. The molecule has 0 saturated heterocycles. The molecule has 0 aliphatic carbocycles. The number of halogens is 1. The van der Waals surface area contributed by atoms with Crippen LogP contribution < -0.4 is 14.7 Å². The molecule has 0 fully saturated rings. The largest absolute Gasteiger partial charge is 0.310 e. The van der Waals surface area contributed by atoms with Crippen LogP contribution in [0.15, 0.2) is 182 Å². The number of aromatic nitrogens is 3. The molecule has 0 N–H and O–H groups in total. The lowest BCUT2D eigenvalue weighted by Gasteiger charge is -2.34. The molecular formula is C68H75ClN6. The zero-order valence-corrected chi connectivity index (χ0v) is 47.6. The summed E-state index contributed by atoms with van der Waals surface area (Å²) >= 11 is 8.20. The number of para-hydroxylation sites is 1. The van der Waals surface area contributed by atoms with Crippen molar-refractivity contribution in [1.29, 1.82) is 0 Å². The van der Waals surface area contributed by atoms with Crippen LogP contribution in [0.5, 0.6) is 0 Å². The molecule has 7 heteroatoms. The van der Waals surface area contributed by atoms with Crippen molar-refractivity contribution in [1.82, 2.24) is 15.0 Å². The van der Waals surface area contributed by atoms with Gasteiger partial charge in [-0.2, -0.15) is 4.80 Å². The van der Waals surface area contributed by atoms with E-state index in [1.54, 1.807) is 4.80 Å². The Hall–Kier alpha value is -7.15. The SMILES string of the molecule is CC(C)(C)c1ccc(N(c2ccc(C(C)(C)C)cc2)c2cccc(N(c3ccc(C(C)(C)C)cc3)c3cc(C(C)(C)C)cc(N(c4ccc(C(C)(C)C)cc4)c4ccc5nn(-c6ccccc6)nc5c4)c3Cl)c2)cc1. The molecule has 0 radical (unpaired) electrons. The number of nitrogens with zero attached hydrogens (tertiary/aromatic N) is 6. The zero-order chi connectivity index (χ0) is 53.8. The summed E-state index contributed by atoms with van der Waals surface area (Å²) in [6.45, 7) is 34.0. The molecule has 0 unspecified atom stereocenters. The average molecular weight is 1010 g/mol. The molecule has 9 rings (SSSR count). The van der Waals surface area contributed by atoms with E-state index in [9.17, 15) is 0 Å². The third-order valence-corrected chi connectivity index (χ3v) is 14.7. The van der Waals surface area contributed by atoms with Crippen LogP contribution in [0.1, 0.15) is 132 Å². The molecule has 0 atom stereocenters. The Labute approximate surface area is 452 Å². The van der Waals surface area contributed by atoms with Gasteiger partial charge in [0.1, 0.15) is 11.0 Å². The maximum Gasteiger partial charge on any atom is 0.115 e. The van der Waals surface area contributed by atoms with E-state index in [0.717, 1.165) is 73.5 Å². The minimum Gasteiger partial charge on any atom is -0.310 e. The fourth-order valence-corrected chi connectivity index (χ4v) is 9.86. The van der Waals surface area contributed by atoms with Gasteiger partial charge >= 0.3 is 0 Å². The van der Waals surface area contributed by atoms with Crippen molar-refractivity contribution in [3.8, 4) is 5.69 Å². The number of hydrogen-bond donors (Lipinski definition) is 0. The summed E-state index contributed by atoms with van der Waals surface area (Å²) < 4.78 is 0. The Balaban J connectivity index is 1.28. The van der Waals surface area contributed by atoms with Crippen molar-refractivity contribution in [3.05, 3.63) is 215 Å². The van der Waals surface area contributed by atoms with E-state index in [2.05, 4.69) is 270 Å². The van der Waals surface area contributed by atoms with Crippen LogP contribution in [-0.2, 0) is 27.1 Å². The van der Waals surface area contributed by atoms with Gasteiger partial charge in [-0.25, -0.2) is 0 Å². The molecule has 8 aromatic carbocycles. The lowest BCUT2D eigenvalue weighted by Crippen LogP contribution is -2.19. The van der Waals surface area contributed by atoms with Crippen molar-refractivity contribution in [2.75, 3.05) is 14.7 Å². The van der Waals surface area contributed by atoms with Gasteiger partial charge in [0.15, 0.2) is 0 Å². The number of hydrogen-bond acceptors (Lipinski definition) is 5. The van der Waals surface area contributed by atoms with E-state index in [1.165, 1.54) is 22.3 Å². The molecule has 0 spiro atoms. The lowest BCUT2D eigenvalue weighted by atomic mass is 9.85. The molecule has 0 saturated carbocycles. The smallest absolute Gasteiger partial charge is 0.115 e. The quantitative estimate of drug-likeness (QED) is 0.137. The number of benzene rings is 8. The lowest BCUT2D eigenvalue weighted by molar-refractivity contribution is 0.589. The summed E-state index contributed by atoms with van der Waals surface area (Å²) in [5.74, 6) is 0. The molecule has 0 bridgehead atoms. The fourth-order valence-electron chi connectivity index (χ4n) is 9.59. The summed E-state index contributed by atoms with van der Waals surface area (Å²) in [6, 6.07) is 65.8. The van der Waals surface area contributed by atoms with Crippen LogP contribution in [0.3, 0.4) is 0 Å². The van der Waals surface area contributed by atoms with Gasteiger partial charge in [0.05, 0.1) is 22.1 Å². The third kappa shape index (κ3) is 11.3. The van der Waals surface area contributed by atoms with E-state index in [-0.39, 0.29) is 27.1 Å². The first-order valence-corrected chi connectivity index (χ1v) is 26.8. The molecule has 384 valence electrons. The predicted molar refractivity (Wildman–Crippen MR) is 321 cm³/mol. The van der Waals surface area contributed by atoms with Gasteiger partial charge in [0.25, 0.3) is 0 Å². The highest BCUT2D eigenvalue weighted by Crippen LogP contribution is 2.50. The monoisotopic (exact) mass is 1010 g/mol. The van der Waals surface area contributed by atoms with Crippen LogP contribution >= 0.6 is 11.6 Å². The average Bonchev–Trinajstić information content (AvgIpc) is 3.79. The first-order valence-electron chi connectivity index (χ1n) is 26.4. The first-order chi connectivity index (χ1) is 35.2. The summed E-state index contributed by atoms with van der Waals surface area (Å²) in [5, 5.41) is 10.5. The van der Waals surface area contributed by atoms with Gasteiger partial charge in [-0.05, 0) is 164 Å². The Bertz CT molecular complexity index is 3370. The van der Waals surface area contributed by atoms with E-state index < -0.39 is 0 Å². The third-order valence-electron chi connectivity index (χ3n) is 14.3. The summed E-state index contributed by atoms with van der Waals surface area (Å²) in [6.07, 6.45) is 0. The van der Waals surface area contributed by atoms with Gasteiger partial charge < -0.3 is 14.7 Å². The minimum atomic E-state index is -0.267. The summed E-state index contributed by atoms with van der Waals surface area (Å²) in [5.41, 5.74) is 17.1. The molecule has 1 aromatic heterocycles. The maximum absolute atomic E-state index is 8.20. The van der Waals surface area contributed by atoms with Gasteiger partial charge in [0, 0.05) is 39.8 Å². The van der Waals surface area contributed by atoms with E-state index in [0.29, 0.717) is 5.02 Å². The van der Waals surface area contributed by atoms with Crippen molar-refractivity contribution in [3.63, 3.8) is 0 Å². The van der Waals surface area contributed by atoms with Crippen molar-refractivity contribution in [2.24, 2.45) is 0 Å². The standard InChI is InChI=1S/C68H75ClN6/c1-64(2,3)46-24-32-51(33-25-46)72(52-34-26-47(27-35-52)65(4,5)6)56-22-19-23-57(44-56)73(53-36-28-48(29-37-53)66(7,8)9)61-42-50(68(13,14)15)43-62(63(61)69)74(54-38-30-49(31-39-54)67(10,11)12)58-40-41-59-60(45-58)71-75(70-59)55-20-17-16-18-21-55/h16-45H,1-15H3. The molecule has 0 aliphatic heterocycles. The Kier molecular flexibility index (Phi) is 13.9. The molecule has 0 amide bonds. The van der Waals surface area contributed by atoms with Crippen LogP contribution in [0, 0.1) is 0 Å². The highest BCUT2D eigenvalue weighted by Gasteiger charge is 2.29. The Morgan fingerprint density at radius 2 is 0.640 bits per heavy atom. The first kappa shape index (κ1) is 52.7. The zero-order valence-electron chi connectivity index (χ0n) is 46.9.